The highest BCUT2D eigenvalue weighted by molar-refractivity contribution is 6.29. The Balaban J connectivity index is 2.10. The number of anilines is 1. The van der Waals surface area contributed by atoms with E-state index in [1.165, 1.54) is 0 Å². The van der Waals surface area contributed by atoms with Crippen molar-refractivity contribution in [3.8, 4) is 0 Å². The lowest BCUT2D eigenvalue weighted by Crippen LogP contribution is -2.44. The first-order valence-electron chi connectivity index (χ1n) is 6.30. The van der Waals surface area contributed by atoms with Crippen LogP contribution in [0.5, 0.6) is 0 Å². The number of halogens is 1. The summed E-state index contributed by atoms with van der Waals surface area (Å²) in [6, 6.07) is 3.43. The topological polar surface area (TPSA) is 54.0 Å². The molecule has 1 fully saturated rings. The molecule has 1 aromatic rings. The predicted molar refractivity (Wildman–Crippen MR) is 72.7 cm³/mol. The number of hydrogen-bond donors (Lipinski definition) is 2. The Kier molecular flexibility index (Phi) is 4.19. The summed E-state index contributed by atoms with van der Waals surface area (Å²) in [5.41, 5.74) is 0.465. The van der Waals surface area contributed by atoms with E-state index in [-0.39, 0.29) is 11.3 Å². The van der Waals surface area contributed by atoms with E-state index in [0.717, 1.165) is 32.4 Å². The Labute approximate surface area is 112 Å². The van der Waals surface area contributed by atoms with E-state index in [2.05, 4.69) is 22.5 Å². The van der Waals surface area contributed by atoms with Crippen molar-refractivity contribution in [3.05, 3.63) is 23.5 Å². The summed E-state index contributed by atoms with van der Waals surface area (Å²) >= 11 is 5.81. The van der Waals surface area contributed by atoms with Crippen LogP contribution < -0.4 is 10.6 Å². The third-order valence-electron chi connectivity index (χ3n) is 3.70. The molecule has 5 heteroatoms. The number of carbonyl (C=O) groups excluding carboxylic acids is 1. The number of aromatic nitrogens is 1. The summed E-state index contributed by atoms with van der Waals surface area (Å²) in [6.45, 7) is 3.88. The molecule has 1 aliphatic rings. The number of piperidine rings is 1. The molecule has 0 saturated carbocycles. The normalized spacial score (nSPS) is 18.3. The lowest BCUT2D eigenvalue weighted by atomic mass is 9.76. The molecule has 2 rings (SSSR count). The van der Waals surface area contributed by atoms with Crippen molar-refractivity contribution < 1.29 is 4.79 Å². The van der Waals surface area contributed by atoms with Gasteiger partial charge in [-0.25, -0.2) is 4.98 Å². The molecule has 0 aromatic carbocycles. The minimum absolute atomic E-state index is 0.0915. The van der Waals surface area contributed by atoms with Gasteiger partial charge in [0.05, 0.1) is 5.41 Å². The van der Waals surface area contributed by atoms with Crippen LogP contribution in [-0.4, -0.2) is 24.0 Å². The Morgan fingerprint density at radius 2 is 2.28 bits per heavy atom. The SMILES string of the molecule is CCC1(C(=O)Nc2ccnc(Cl)c2)CCNCC1. The lowest BCUT2D eigenvalue weighted by molar-refractivity contribution is -0.127. The fourth-order valence-corrected chi connectivity index (χ4v) is 2.56. The molecule has 1 saturated heterocycles. The van der Waals surface area contributed by atoms with E-state index in [9.17, 15) is 4.79 Å². The number of rotatable bonds is 3. The average Bonchev–Trinajstić information content (AvgIpc) is 2.39. The van der Waals surface area contributed by atoms with Crippen molar-refractivity contribution in [1.82, 2.24) is 10.3 Å². The van der Waals surface area contributed by atoms with E-state index in [0.29, 0.717) is 10.8 Å². The molecular weight excluding hydrogens is 250 g/mol. The largest absolute Gasteiger partial charge is 0.325 e. The van der Waals surface area contributed by atoms with Gasteiger partial charge in [0.2, 0.25) is 5.91 Å². The molecule has 1 amide bonds. The molecule has 18 heavy (non-hydrogen) atoms. The molecule has 2 N–H and O–H groups in total. The van der Waals surface area contributed by atoms with E-state index >= 15 is 0 Å². The molecule has 2 heterocycles. The van der Waals surface area contributed by atoms with Gasteiger partial charge in [0.25, 0.3) is 0 Å². The Bertz CT molecular complexity index is 430. The van der Waals surface area contributed by atoms with Crippen LogP contribution in [0.2, 0.25) is 5.15 Å². The van der Waals surface area contributed by atoms with Gasteiger partial charge in [0.15, 0.2) is 0 Å². The Morgan fingerprint density at radius 3 is 2.89 bits per heavy atom. The summed E-state index contributed by atoms with van der Waals surface area (Å²) in [4.78, 5) is 16.3. The first-order chi connectivity index (χ1) is 8.66. The highest BCUT2D eigenvalue weighted by Crippen LogP contribution is 2.33. The van der Waals surface area contributed by atoms with Crippen LogP contribution in [0.3, 0.4) is 0 Å². The summed E-state index contributed by atoms with van der Waals surface area (Å²) in [6.07, 6.45) is 4.22. The zero-order chi connectivity index (χ0) is 13.0. The number of nitrogens with one attached hydrogen (secondary N) is 2. The predicted octanol–water partition coefficient (Wildman–Crippen LogP) is 2.45. The van der Waals surface area contributed by atoms with Gasteiger partial charge in [0.1, 0.15) is 5.15 Å². The van der Waals surface area contributed by atoms with Crippen LogP contribution in [0.15, 0.2) is 18.3 Å². The average molecular weight is 268 g/mol. The maximum Gasteiger partial charge on any atom is 0.230 e. The molecule has 4 nitrogen and oxygen atoms in total. The van der Waals surface area contributed by atoms with Gasteiger partial charge in [0, 0.05) is 11.9 Å². The monoisotopic (exact) mass is 267 g/mol. The Hall–Kier alpha value is -1.13. The third kappa shape index (κ3) is 2.82. The van der Waals surface area contributed by atoms with Crippen LogP contribution in [-0.2, 0) is 4.79 Å². The van der Waals surface area contributed by atoms with Crippen LogP contribution in [0.4, 0.5) is 5.69 Å². The molecule has 98 valence electrons. The summed E-state index contributed by atoms with van der Waals surface area (Å²) in [5, 5.41) is 6.64. The number of hydrogen-bond acceptors (Lipinski definition) is 3. The quantitative estimate of drug-likeness (QED) is 0.827. The minimum atomic E-state index is -0.249. The summed E-state index contributed by atoms with van der Waals surface area (Å²) in [5.74, 6) is 0.0915. The molecule has 1 aliphatic heterocycles. The smallest absolute Gasteiger partial charge is 0.230 e. The molecule has 0 aliphatic carbocycles. The minimum Gasteiger partial charge on any atom is -0.325 e. The van der Waals surface area contributed by atoms with Gasteiger partial charge in [-0.3, -0.25) is 4.79 Å². The molecule has 1 aromatic heterocycles. The van der Waals surface area contributed by atoms with Gasteiger partial charge < -0.3 is 10.6 Å². The fraction of sp³-hybridized carbons (Fsp3) is 0.538. The summed E-state index contributed by atoms with van der Waals surface area (Å²) < 4.78 is 0. The zero-order valence-corrected chi connectivity index (χ0v) is 11.3. The maximum absolute atomic E-state index is 12.4. The van der Waals surface area contributed by atoms with E-state index in [1.807, 2.05) is 0 Å². The molecular formula is C13H18ClN3O. The van der Waals surface area contributed by atoms with Crippen LogP contribution >= 0.6 is 11.6 Å². The van der Waals surface area contributed by atoms with E-state index < -0.39 is 0 Å². The summed E-state index contributed by atoms with van der Waals surface area (Å²) in [7, 11) is 0. The maximum atomic E-state index is 12.4. The van der Waals surface area contributed by atoms with Gasteiger partial charge in [-0.15, -0.1) is 0 Å². The van der Waals surface area contributed by atoms with Crippen LogP contribution in [0, 0.1) is 5.41 Å². The van der Waals surface area contributed by atoms with Gasteiger partial charge in [-0.2, -0.15) is 0 Å². The van der Waals surface area contributed by atoms with Gasteiger partial charge >= 0.3 is 0 Å². The fourth-order valence-electron chi connectivity index (χ4n) is 2.39. The molecule has 0 radical (unpaired) electrons. The van der Waals surface area contributed by atoms with Crippen molar-refractivity contribution in [1.29, 1.82) is 0 Å². The highest BCUT2D eigenvalue weighted by atomic mass is 35.5. The van der Waals surface area contributed by atoms with Crippen LogP contribution in [0.25, 0.3) is 0 Å². The van der Waals surface area contributed by atoms with Crippen molar-refractivity contribution in [2.75, 3.05) is 18.4 Å². The lowest BCUT2D eigenvalue weighted by Gasteiger charge is -2.35. The Morgan fingerprint density at radius 1 is 1.56 bits per heavy atom. The number of pyridine rings is 1. The number of carbonyl (C=O) groups is 1. The molecule has 0 atom stereocenters. The van der Waals surface area contributed by atoms with Crippen molar-refractivity contribution >= 4 is 23.2 Å². The van der Waals surface area contributed by atoms with Gasteiger partial charge in [-0.1, -0.05) is 18.5 Å². The van der Waals surface area contributed by atoms with Crippen molar-refractivity contribution in [2.45, 2.75) is 26.2 Å². The zero-order valence-electron chi connectivity index (χ0n) is 10.5. The van der Waals surface area contributed by atoms with Gasteiger partial charge in [-0.05, 0) is 44.5 Å². The first-order valence-corrected chi connectivity index (χ1v) is 6.68. The standard InChI is InChI=1S/C13H18ClN3O/c1-2-13(4-7-15-8-5-13)12(18)17-10-3-6-16-11(14)9-10/h3,6,9,15H,2,4-5,7-8H2,1H3,(H,16,17,18). The van der Waals surface area contributed by atoms with Crippen molar-refractivity contribution in [3.63, 3.8) is 0 Å². The second-order valence-corrected chi connectivity index (χ2v) is 5.09. The van der Waals surface area contributed by atoms with E-state index in [1.54, 1.807) is 18.3 Å². The second kappa shape index (κ2) is 5.67. The number of amides is 1. The number of nitrogens with zero attached hydrogens (tertiary/aromatic N) is 1. The highest BCUT2D eigenvalue weighted by Gasteiger charge is 2.37. The van der Waals surface area contributed by atoms with E-state index in [4.69, 9.17) is 11.6 Å². The molecule has 0 unspecified atom stereocenters. The van der Waals surface area contributed by atoms with Crippen molar-refractivity contribution in [2.24, 2.45) is 5.41 Å². The van der Waals surface area contributed by atoms with Crippen LogP contribution in [0.1, 0.15) is 26.2 Å². The first kappa shape index (κ1) is 13.3. The molecule has 0 bridgehead atoms. The third-order valence-corrected chi connectivity index (χ3v) is 3.91. The second-order valence-electron chi connectivity index (χ2n) is 4.71. The molecule has 0 spiro atoms.